The van der Waals surface area contributed by atoms with Crippen molar-refractivity contribution >= 4 is 56.8 Å². The Hall–Kier alpha value is -2.09. The lowest BCUT2D eigenvalue weighted by Gasteiger charge is -2.04. The van der Waals surface area contributed by atoms with E-state index in [0.29, 0.717) is 15.4 Å². The van der Waals surface area contributed by atoms with E-state index >= 15 is 0 Å². The number of amides is 1. The lowest BCUT2D eigenvalue weighted by Crippen LogP contribution is -2.22. The predicted octanol–water partition coefficient (Wildman–Crippen LogP) is 4.38. The zero-order valence-corrected chi connectivity index (χ0v) is 17.2. The number of thioether (sulfide) groups is 1. The second-order valence-electron chi connectivity index (χ2n) is 5.53. The predicted molar refractivity (Wildman–Crippen MR) is 110 cm³/mol. The molecule has 2 aromatic carbocycles. The van der Waals surface area contributed by atoms with Crippen LogP contribution in [-0.4, -0.2) is 29.3 Å². The Balaban J connectivity index is 2.04. The van der Waals surface area contributed by atoms with Gasteiger partial charge >= 0.3 is 5.97 Å². The Morgan fingerprint density at radius 1 is 1.22 bits per heavy atom. The van der Waals surface area contributed by atoms with E-state index in [1.807, 2.05) is 12.1 Å². The molecule has 3 aromatic rings. The van der Waals surface area contributed by atoms with Gasteiger partial charge in [0.1, 0.15) is 6.54 Å². The van der Waals surface area contributed by atoms with Crippen molar-refractivity contribution in [3.05, 3.63) is 57.9 Å². The average Bonchev–Trinajstić information content (AvgIpc) is 2.98. The van der Waals surface area contributed by atoms with Crippen molar-refractivity contribution in [3.63, 3.8) is 0 Å². The zero-order chi connectivity index (χ0) is 19.4. The molecule has 0 aliphatic carbocycles. The Morgan fingerprint density at radius 3 is 2.63 bits per heavy atom. The van der Waals surface area contributed by atoms with Crippen LogP contribution in [0.5, 0.6) is 0 Å². The van der Waals surface area contributed by atoms with Gasteiger partial charge in [-0.25, -0.2) is 0 Å². The molecule has 1 aromatic heterocycles. The number of halogens is 1. The van der Waals surface area contributed by atoms with E-state index in [2.05, 4.69) is 11.9 Å². The number of rotatable bonds is 5. The van der Waals surface area contributed by atoms with Gasteiger partial charge in [0.15, 0.2) is 4.80 Å². The van der Waals surface area contributed by atoms with Crippen LogP contribution < -0.4 is 4.80 Å². The average molecular weight is 421 g/mol. The summed E-state index contributed by atoms with van der Waals surface area (Å²) >= 11 is 9.07. The van der Waals surface area contributed by atoms with Crippen molar-refractivity contribution in [2.45, 2.75) is 18.4 Å². The Labute approximate surface area is 169 Å². The first kappa shape index (κ1) is 19.7. The Morgan fingerprint density at radius 2 is 1.96 bits per heavy atom. The van der Waals surface area contributed by atoms with Crippen LogP contribution in [0, 0.1) is 0 Å². The summed E-state index contributed by atoms with van der Waals surface area (Å²) in [6.45, 7) is 2.04. The minimum absolute atomic E-state index is 0.0314. The molecule has 0 unspecified atom stereocenters. The number of carbonyl (C=O) groups excluding carboxylic acids is 2. The van der Waals surface area contributed by atoms with Gasteiger partial charge < -0.3 is 9.30 Å². The van der Waals surface area contributed by atoms with Crippen LogP contribution in [-0.2, 0) is 16.1 Å². The number of thiazole rings is 1. The Bertz CT molecular complexity index is 1050. The number of hydrogen-bond acceptors (Lipinski definition) is 5. The van der Waals surface area contributed by atoms with Crippen LogP contribution in [0.2, 0.25) is 5.02 Å². The van der Waals surface area contributed by atoms with Gasteiger partial charge in [-0.3, -0.25) is 9.59 Å². The summed E-state index contributed by atoms with van der Waals surface area (Å²) in [6, 6.07) is 12.7. The molecule has 27 heavy (non-hydrogen) atoms. The smallest absolute Gasteiger partial charge is 0.325 e. The van der Waals surface area contributed by atoms with E-state index in [1.54, 1.807) is 46.7 Å². The van der Waals surface area contributed by atoms with Gasteiger partial charge in [0, 0.05) is 15.5 Å². The summed E-state index contributed by atoms with van der Waals surface area (Å²) in [4.78, 5) is 30.2. The topological polar surface area (TPSA) is 60.7 Å². The summed E-state index contributed by atoms with van der Waals surface area (Å²) in [5.74, 6) is 0.189. The van der Waals surface area contributed by atoms with Gasteiger partial charge in [0.05, 0.1) is 17.3 Å². The highest BCUT2D eigenvalue weighted by Crippen LogP contribution is 2.22. The number of esters is 1. The number of fused-ring (bicyclic) bond motifs is 1. The van der Waals surface area contributed by atoms with E-state index in [1.165, 1.54) is 18.4 Å². The molecule has 0 aliphatic rings. The number of hydrogen-bond donors (Lipinski definition) is 0. The van der Waals surface area contributed by atoms with Crippen LogP contribution >= 0.6 is 34.7 Å². The van der Waals surface area contributed by atoms with Crippen molar-refractivity contribution in [2.75, 3.05) is 12.9 Å². The highest BCUT2D eigenvalue weighted by Gasteiger charge is 2.13. The number of aromatic nitrogens is 1. The highest BCUT2D eigenvalue weighted by molar-refractivity contribution is 7.99. The Kier molecular flexibility index (Phi) is 6.36. The summed E-state index contributed by atoms with van der Waals surface area (Å²) in [5, 5.41) is 0.579. The molecule has 0 saturated heterocycles. The summed E-state index contributed by atoms with van der Waals surface area (Å²) < 4.78 is 7.28. The van der Waals surface area contributed by atoms with Crippen LogP contribution in [0.1, 0.15) is 17.3 Å². The second kappa shape index (κ2) is 8.73. The van der Waals surface area contributed by atoms with Gasteiger partial charge in [0.2, 0.25) is 0 Å². The molecule has 140 valence electrons. The molecule has 0 N–H and O–H groups in total. The molecule has 3 rings (SSSR count). The fourth-order valence-corrected chi connectivity index (χ4v) is 4.46. The largest absolute Gasteiger partial charge is 0.468 e. The van der Waals surface area contributed by atoms with E-state index in [0.717, 1.165) is 20.9 Å². The molecule has 8 heteroatoms. The standard InChI is InChI=1S/C19H17ClN2O3S2/c1-3-26-14-7-4-12(5-8-14)18(24)21-19-22(11-17(23)25-2)15-9-6-13(20)10-16(15)27-19/h4-10H,3,11H2,1-2H3. The van der Waals surface area contributed by atoms with E-state index in [-0.39, 0.29) is 12.5 Å². The van der Waals surface area contributed by atoms with Crippen molar-refractivity contribution in [2.24, 2.45) is 4.99 Å². The normalized spacial score (nSPS) is 11.7. The van der Waals surface area contributed by atoms with Crippen molar-refractivity contribution in [1.82, 2.24) is 4.57 Å². The van der Waals surface area contributed by atoms with Crippen LogP contribution in [0.25, 0.3) is 10.2 Å². The van der Waals surface area contributed by atoms with Crippen molar-refractivity contribution in [3.8, 4) is 0 Å². The maximum Gasteiger partial charge on any atom is 0.325 e. The molecule has 0 atom stereocenters. The third-order valence-corrected chi connectivity index (χ3v) is 5.94. The molecule has 0 aliphatic heterocycles. The fourth-order valence-electron chi connectivity index (χ4n) is 2.49. The van der Waals surface area contributed by atoms with Gasteiger partial charge in [-0.2, -0.15) is 4.99 Å². The lowest BCUT2D eigenvalue weighted by atomic mass is 10.2. The minimum Gasteiger partial charge on any atom is -0.468 e. The molecule has 0 saturated carbocycles. The molecule has 5 nitrogen and oxygen atoms in total. The molecule has 0 fully saturated rings. The molecular weight excluding hydrogens is 404 g/mol. The minimum atomic E-state index is -0.417. The van der Waals surface area contributed by atoms with E-state index < -0.39 is 5.97 Å². The van der Waals surface area contributed by atoms with E-state index in [4.69, 9.17) is 16.3 Å². The van der Waals surface area contributed by atoms with Crippen LogP contribution in [0.4, 0.5) is 0 Å². The molecule has 0 spiro atoms. The summed E-state index contributed by atoms with van der Waals surface area (Å²) in [7, 11) is 1.33. The molecule has 0 bridgehead atoms. The number of methoxy groups -OCH3 is 1. The van der Waals surface area contributed by atoms with Gasteiger partial charge in [-0.15, -0.1) is 11.8 Å². The molecule has 1 heterocycles. The van der Waals surface area contributed by atoms with Crippen LogP contribution in [0.3, 0.4) is 0 Å². The van der Waals surface area contributed by atoms with Gasteiger partial charge in [-0.05, 0) is 48.2 Å². The van der Waals surface area contributed by atoms with Gasteiger partial charge in [-0.1, -0.05) is 29.9 Å². The third-order valence-electron chi connectivity index (χ3n) is 3.77. The number of carbonyl (C=O) groups is 2. The van der Waals surface area contributed by atoms with Crippen LogP contribution in [0.15, 0.2) is 52.4 Å². The second-order valence-corrected chi connectivity index (χ2v) is 8.32. The molecule has 0 radical (unpaired) electrons. The van der Waals surface area contributed by atoms with Crippen molar-refractivity contribution in [1.29, 1.82) is 0 Å². The lowest BCUT2D eigenvalue weighted by molar-refractivity contribution is -0.141. The maximum atomic E-state index is 12.6. The zero-order valence-electron chi connectivity index (χ0n) is 14.8. The monoisotopic (exact) mass is 420 g/mol. The number of ether oxygens (including phenoxy) is 1. The SMILES string of the molecule is CCSc1ccc(C(=O)N=c2sc3cc(Cl)ccc3n2CC(=O)OC)cc1. The number of nitrogens with zero attached hydrogens (tertiary/aromatic N) is 2. The third kappa shape index (κ3) is 4.61. The maximum absolute atomic E-state index is 12.6. The molecular formula is C19H17ClN2O3S2. The first-order chi connectivity index (χ1) is 13.0. The van der Waals surface area contributed by atoms with E-state index in [9.17, 15) is 9.59 Å². The highest BCUT2D eigenvalue weighted by atomic mass is 35.5. The summed E-state index contributed by atoms with van der Waals surface area (Å²) in [6.07, 6.45) is 0. The van der Waals surface area contributed by atoms with Crippen molar-refractivity contribution < 1.29 is 14.3 Å². The quantitative estimate of drug-likeness (QED) is 0.454. The molecule has 1 amide bonds. The first-order valence-electron chi connectivity index (χ1n) is 8.19. The first-order valence-corrected chi connectivity index (χ1v) is 10.4. The number of benzene rings is 2. The fraction of sp³-hybridized carbons (Fsp3) is 0.211. The summed E-state index contributed by atoms with van der Waals surface area (Å²) in [5.41, 5.74) is 1.27. The van der Waals surface area contributed by atoms with Gasteiger partial charge in [0.25, 0.3) is 5.91 Å².